The number of hydrogen-bond acceptors (Lipinski definition) is 1. The van der Waals surface area contributed by atoms with Crippen LogP contribution in [0, 0.1) is 6.92 Å². The second kappa shape index (κ2) is 3.24. The molecule has 0 atom stereocenters. The van der Waals surface area contributed by atoms with Crippen LogP contribution in [0.25, 0.3) is 21.5 Å². The van der Waals surface area contributed by atoms with E-state index in [0.717, 1.165) is 16.2 Å². The van der Waals surface area contributed by atoms with Crippen LogP contribution in [-0.4, -0.2) is 5.11 Å². The monoisotopic (exact) mass is 208 g/mol. The molecule has 0 aromatic heterocycles. The van der Waals surface area contributed by atoms with Gasteiger partial charge in [0, 0.05) is 5.39 Å². The highest BCUT2D eigenvalue weighted by Gasteiger charge is 2.06. The average Bonchev–Trinajstić information content (AvgIpc) is 2.29. The molecular formula is C15H12O. The Kier molecular flexibility index (Phi) is 1.87. The highest BCUT2D eigenvalue weighted by Crippen LogP contribution is 2.33. The molecule has 1 heteroatoms. The molecule has 0 saturated heterocycles. The van der Waals surface area contributed by atoms with Crippen LogP contribution in [0.15, 0.2) is 48.5 Å². The molecule has 0 heterocycles. The number of aromatic hydroxyl groups is 1. The lowest BCUT2D eigenvalue weighted by molar-refractivity contribution is 0.482. The maximum Gasteiger partial charge on any atom is 0.124 e. The number of phenols is 1. The van der Waals surface area contributed by atoms with Crippen molar-refractivity contribution in [1.29, 1.82) is 0 Å². The molecule has 78 valence electrons. The molecule has 0 saturated carbocycles. The molecule has 0 radical (unpaired) electrons. The van der Waals surface area contributed by atoms with Crippen molar-refractivity contribution in [2.75, 3.05) is 0 Å². The van der Waals surface area contributed by atoms with Gasteiger partial charge in [0.25, 0.3) is 0 Å². The highest BCUT2D eigenvalue weighted by atomic mass is 16.3. The molecule has 0 fully saturated rings. The summed E-state index contributed by atoms with van der Waals surface area (Å²) in [7, 11) is 0. The lowest BCUT2D eigenvalue weighted by Gasteiger charge is -2.08. The number of phenolic OH excluding ortho intramolecular Hbond substituents is 1. The Hall–Kier alpha value is -2.02. The smallest absolute Gasteiger partial charge is 0.124 e. The van der Waals surface area contributed by atoms with Gasteiger partial charge in [-0.1, -0.05) is 42.5 Å². The third-order valence-electron chi connectivity index (χ3n) is 3.07. The van der Waals surface area contributed by atoms with Crippen molar-refractivity contribution in [2.45, 2.75) is 6.92 Å². The third kappa shape index (κ3) is 1.18. The second-order valence-corrected chi connectivity index (χ2v) is 4.11. The van der Waals surface area contributed by atoms with Gasteiger partial charge in [-0.3, -0.25) is 0 Å². The first-order valence-electron chi connectivity index (χ1n) is 5.37. The van der Waals surface area contributed by atoms with Crippen molar-refractivity contribution in [1.82, 2.24) is 0 Å². The number of fused-ring (bicyclic) bond motifs is 3. The highest BCUT2D eigenvalue weighted by molar-refractivity contribution is 6.11. The normalized spacial score (nSPS) is 11.1. The van der Waals surface area contributed by atoms with Crippen LogP contribution in [0.1, 0.15) is 5.56 Å². The summed E-state index contributed by atoms with van der Waals surface area (Å²) in [5.41, 5.74) is 1.20. The van der Waals surface area contributed by atoms with Crippen LogP contribution in [0.4, 0.5) is 0 Å². The van der Waals surface area contributed by atoms with Crippen LogP contribution < -0.4 is 0 Å². The van der Waals surface area contributed by atoms with Crippen LogP contribution in [0.2, 0.25) is 0 Å². The maximum atomic E-state index is 9.99. The van der Waals surface area contributed by atoms with Gasteiger partial charge < -0.3 is 5.11 Å². The molecule has 3 aromatic rings. The first-order valence-corrected chi connectivity index (χ1v) is 5.37. The number of rotatable bonds is 0. The molecule has 3 aromatic carbocycles. The molecular weight excluding hydrogens is 196 g/mol. The lowest BCUT2D eigenvalue weighted by Crippen LogP contribution is -1.82. The van der Waals surface area contributed by atoms with Crippen molar-refractivity contribution in [3.05, 3.63) is 54.1 Å². The Morgan fingerprint density at radius 1 is 0.750 bits per heavy atom. The molecule has 16 heavy (non-hydrogen) atoms. The first-order chi connectivity index (χ1) is 7.77. The average molecular weight is 208 g/mol. The van der Waals surface area contributed by atoms with Crippen molar-refractivity contribution in [2.24, 2.45) is 0 Å². The fourth-order valence-corrected chi connectivity index (χ4v) is 2.32. The van der Waals surface area contributed by atoms with E-state index in [4.69, 9.17) is 0 Å². The summed E-state index contributed by atoms with van der Waals surface area (Å²) in [4.78, 5) is 0. The predicted molar refractivity (Wildman–Crippen MR) is 67.9 cm³/mol. The summed E-state index contributed by atoms with van der Waals surface area (Å²) < 4.78 is 0. The molecule has 1 N–H and O–H groups in total. The number of hydrogen-bond donors (Lipinski definition) is 1. The van der Waals surface area contributed by atoms with Gasteiger partial charge in [0.1, 0.15) is 5.75 Å². The molecule has 0 spiro atoms. The van der Waals surface area contributed by atoms with E-state index in [1.54, 1.807) is 6.07 Å². The summed E-state index contributed by atoms with van der Waals surface area (Å²) in [5, 5.41) is 14.4. The zero-order valence-electron chi connectivity index (χ0n) is 9.07. The molecule has 0 bridgehead atoms. The summed E-state index contributed by atoms with van der Waals surface area (Å²) in [5.74, 6) is 0.359. The Morgan fingerprint density at radius 2 is 1.38 bits per heavy atom. The first kappa shape index (κ1) is 9.22. The topological polar surface area (TPSA) is 20.2 Å². The summed E-state index contributed by atoms with van der Waals surface area (Å²) in [6.45, 7) is 2.08. The Bertz CT molecular complexity index is 623. The number of benzene rings is 3. The summed E-state index contributed by atoms with van der Waals surface area (Å²) >= 11 is 0. The van der Waals surface area contributed by atoms with Crippen LogP contribution >= 0.6 is 0 Å². The molecule has 0 amide bonds. The van der Waals surface area contributed by atoms with E-state index in [1.807, 2.05) is 18.2 Å². The number of aryl methyl sites for hydroxylation is 1. The van der Waals surface area contributed by atoms with E-state index < -0.39 is 0 Å². The minimum atomic E-state index is 0.359. The molecule has 0 aliphatic carbocycles. The van der Waals surface area contributed by atoms with Crippen molar-refractivity contribution in [3.63, 3.8) is 0 Å². The van der Waals surface area contributed by atoms with Gasteiger partial charge in [-0.2, -0.15) is 0 Å². The molecule has 0 aliphatic rings. The van der Waals surface area contributed by atoms with Gasteiger partial charge >= 0.3 is 0 Å². The van der Waals surface area contributed by atoms with Crippen molar-refractivity contribution in [3.8, 4) is 5.75 Å². The van der Waals surface area contributed by atoms with E-state index >= 15 is 0 Å². The van der Waals surface area contributed by atoms with Gasteiger partial charge in [0.05, 0.1) is 0 Å². The van der Waals surface area contributed by atoms with Crippen LogP contribution in [0.5, 0.6) is 5.75 Å². The van der Waals surface area contributed by atoms with E-state index in [2.05, 4.69) is 31.2 Å². The zero-order chi connectivity index (χ0) is 11.1. The molecule has 1 nitrogen and oxygen atoms in total. The quantitative estimate of drug-likeness (QED) is 0.553. The van der Waals surface area contributed by atoms with Gasteiger partial charge in [-0.15, -0.1) is 0 Å². The fraction of sp³-hybridized carbons (Fsp3) is 0.0667. The van der Waals surface area contributed by atoms with Crippen molar-refractivity contribution < 1.29 is 5.11 Å². The fourth-order valence-electron chi connectivity index (χ4n) is 2.32. The molecule has 3 rings (SSSR count). The van der Waals surface area contributed by atoms with Gasteiger partial charge in [0.15, 0.2) is 0 Å². The van der Waals surface area contributed by atoms with Gasteiger partial charge in [-0.05, 0) is 34.7 Å². The maximum absolute atomic E-state index is 9.99. The Balaban J connectivity index is 2.67. The standard InChI is InChI=1S/C15H12O/c1-10-4-2-5-11-8-9-12-6-3-7-13(16)15(12)14(10)11/h2-9,16H,1H3. The summed E-state index contributed by atoms with van der Waals surface area (Å²) in [6, 6.07) is 16.0. The van der Waals surface area contributed by atoms with E-state index in [-0.39, 0.29) is 0 Å². The minimum Gasteiger partial charge on any atom is -0.507 e. The van der Waals surface area contributed by atoms with E-state index in [9.17, 15) is 5.11 Å². The van der Waals surface area contributed by atoms with E-state index in [1.165, 1.54) is 10.9 Å². The molecule has 0 unspecified atom stereocenters. The van der Waals surface area contributed by atoms with Gasteiger partial charge in [0.2, 0.25) is 0 Å². The van der Waals surface area contributed by atoms with E-state index in [0.29, 0.717) is 5.75 Å². The van der Waals surface area contributed by atoms with Crippen LogP contribution in [0.3, 0.4) is 0 Å². The third-order valence-corrected chi connectivity index (χ3v) is 3.07. The Morgan fingerprint density at radius 3 is 2.12 bits per heavy atom. The largest absolute Gasteiger partial charge is 0.507 e. The lowest BCUT2D eigenvalue weighted by atomic mass is 9.98. The molecule has 0 aliphatic heterocycles. The van der Waals surface area contributed by atoms with Crippen LogP contribution in [-0.2, 0) is 0 Å². The van der Waals surface area contributed by atoms with Gasteiger partial charge in [-0.25, -0.2) is 0 Å². The Labute approximate surface area is 94.0 Å². The zero-order valence-corrected chi connectivity index (χ0v) is 9.07. The minimum absolute atomic E-state index is 0.359. The summed E-state index contributed by atoms with van der Waals surface area (Å²) in [6.07, 6.45) is 0. The SMILES string of the molecule is Cc1cccc2ccc3cccc(O)c3c12. The van der Waals surface area contributed by atoms with Crippen molar-refractivity contribution >= 4 is 21.5 Å². The predicted octanol–water partition coefficient (Wildman–Crippen LogP) is 4.01. The second-order valence-electron chi connectivity index (χ2n) is 4.11.